The first-order chi connectivity index (χ1) is 10.2. The molecule has 1 saturated carbocycles. The van der Waals surface area contributed by atoms with Crippen molar-refractivity contribution in [3.8, 4) is 0 Å². The SMILES string of the molecule is O=C(NC1CCC(O)CC1)N1CCCC(N2CCCC2)C1. The van der Waals surface area contributed by atoms with Crippen molar-refractivity contribution < 1.29 is 9.90 Å². The standard InChI is InChI=1S/C16H29N3O2/c20-15-7-5-13(6-8-15)17-16(21)19-11-3-4-14(12-19)18-9-1-2-10-18/h13-15,20H,1-12H2,(H,17,21). The first-order valence-electron chi connectivity index (χ1n) is 8.70. The summed E-state index contributed by atoms with van der Waals surface area (Å²) in [6, 6.07) is 0.938. The Labute approximate surface area is 127 Å². The third-order valence-corrected chi connectivity index (χ3v) is 5.37. The van der Waals surface area contributed by atoms with E-state index in [9.17, 15) is 9.90 Å². The summed E-state index contributed by atoms with van der Waals surface area (Å²) in [5, 5.41) is 12.7. The van der Waals surface area contributed by atoms with Crippen LogP contribution >= 0.6 is 0 Å². The molecule has 3 rings (SSSR count). The number of aliphatic hydroxyl groups excluding tert-OH is 1. The number of nitrogens with zero attached hydrogens (tertiary/aromatic N) is 2. The van der Waals surface area contributed by atoms with E-state index >= 15 is 0 Å². The van der Waals surface area contributed by atoms with Crippen LogP contribution in [0.5, 0.6) is 0 Å². The van der Waals surface area contributed by atoms with E-state index < -0.39 is 0 Å². The molecule has 5 nitrogen and oxygen atoms in total. The Morgan fingerprint density at radius 1 is 0.952 bits per heavy atom. The summed E-state index contributed by atoms with van der Waals surface area (Å²) in [4.78, 5) is 17.0. The minimum absolute atomic E-state index is 0.111. The second-order valence-electron chi connectivity index (χ2n) is 6.94. The zero-order valence-electron chi connectivity index (χ0n) is 13.0. The van der Waals surface area contributed by atoms with E-state index in [2.05, 4.69) is 10.2 Å². The first kappa shape index (κ1) is 15.1. The Morgan fingerprint density at radius 3 is 2.38 bits per heavy atom. The van der Waals surface area contributed by atoms with Crippen LogP contribution in [-0.4, -0.2) is 65.3 Å². The zero-order valence-corrected chi connectivity index (χ0v) is 13.0. The van der Waals surface area contributed by atoms with Crippen LogP contribution in [0.4, 0.5) is 4.79 Å². The maximum absolute atomic E-state index is 12.4. The average molecular weight is 295 g/mol. The largest absolute Gasteiger partial charge is 0.393 e. The molecule has 2 amide bonds. The molecular weight excluding hydrogens is 266 g/mol. The number of amides is 2. The molecule has 2 heterocycles. The molecule has 1 unspecified atom stereocenters. The number of hydrogen-bond acceptors (Lipinski definition) is 3. The van der Waals surface area contributed by atoms with Crippen LogP contribution in [0.2, 0.25) is 0 Å². The van der Waals surface area contributed by atoms with Crippen molar-refractivity contribution in [1.82, 2.24) is 15.1 Å². The fourth-order valence-corrected chi connectivity index (χ4v) is 4.03. The number of rotatable bonds is 2. The van der Waals surface area contributed by atoms with Gasteiger partial charge in [-0.2, -0.15) is 0 Å². The van der Waals surface area contributed by atoms with Crippen LogP contribution in [0.1, 0.15) is 51.4 Å². The lowest BCUT2D eigenvalue weighted by Gasteiger charge is -2.38. The maximum atomic E-state index is 12.4. The van der Waals surface area contributed by atoms with Gasteiger partial charge in [0.2, 0.25) is 0 Å². The van der Waals surface area contributed by atoms with Gasteiger partial charge < -0.3 is 15.3 Å². The van der Waals surface area contributed by atoms with E-state index in [4.69, 9.17) is 0 Å². The summed E-state index contributed by atoms with van der Waals surface area (Å²) in [6.45, 7) is 4.20. The van der Waals surface area contributed by atoms with Crippen molar-refractivity contribution in [3.05, 3.63) is 0 Å². The van der Waals surface area contributed by atoms with Crippen LogP contribution in [0.15, 0.2) is 0 Å². The van der Waals surface area contributed by atoms with E-state index in [-0.39, 0.29) is 18.2 Å². The normalized spacial score (nSPS) is 34.9. The van der Waals surface area contributed by atoms with Crippen molar-refractivity contribution in [3.63, 3.8) is 0 Å². The van der Waals surface area contributed by atoms with Gasteiger partial charge in [0.15, 0.2) is 0 Å². The second-order valence-corrected chi connectivity index (χ2v) is 6.94. The van der Waals surface area contributed by atoms with Gasteiger partial charge in [0.05, 0.1) is 6.10 Å². The highest BCUT2D eigenvalue weighted by molar-refractivity contribution is 5.74. The molecule has 2 saturated heterocycles. The lowest BCUT2D eigenvalue weighted by atomic mass is 9.93. The number of urea groups is 1. The Morgan fingerprint density at radius 2 is 1.67 bits per heavy atom. The van der Waals surface area contributed by atoms with Crippen LogP contribution in [0, 0.1) is 0 Å². The van der Waals surface area contributed by atoms with Gasteiger partial charge in [-0.3, -0.25) is 4.90 Å². The molecule has 5 heteroatoms. The summed E-state index contributed by atoms with van der Waals surface area (Å²) in [5.74, 6) is 0. The van der Waals surface area contributed by atoms with Crippen LogP contribution < -0.4 is 5.32 Å². The quantitative estimate of drug-likeness (QED) is 0.813. The third-order valence-electron chi connectivity index (χ3n) is 5.37. The Balaban J connectivity index is 1.47. The first-order valence-corrected chi connectivity index (χ1v) is 8.70. The third kappa shape index (κ3) is 3.89. The van der Waals surface area contributed by atoms with Gasteiger partial charge in [-0.05, 0) is 64.5 Å². The van der Waals surface area contributed by atoms with E-state index in [1.165, 1.54) is 32.4 Å². The van der Waals surface area contributed by atoms with Crippen molar-refractivity contribution in [1.29, 1.82) is 0 Å². The smallest absolute Gasteiger partial charge is 0.317 e. The molecule has 1 atom stereocenters. The molecule has 21 heavy (non-hydrogen) atoms. The number of carbonyl (C=O) groups excluding carboxylic acids is 1. The van der Waals surface area contributed by atoms with E-state index in [1.54, 1.807) is 0 Å². The Hall–Kier alpha value is -0.810. The number of nitrogens with one attached hydrogen (secondary N) is 1. The van der Waals surface area contributed by atoms with Crippen molar-refractivity contribution in [2.45, 2.75) is 69.6 Å². The predicted molar refractivity (Wildman–Crippen MR) is 82.2 cm³/mol. The molecule has 0 spiro atoms. The van der Waals surface area contributed by atoms with Crippen LogP contribution in [0.25, 0.3) is 0 Å². The molecule has 0 radical (unpaired) electrons. The van der Waals surface area contributed by atoms with Gasteiger partial charge in [0, 0.05) is 25.2 Å². The molecule has 1 aliphatic carbocycles. The summed E-state index contributed by atoms with van der Waals surface area (Å²) in [6.07, 6.45) is 8.29. The Bertz CT molecular complexity index is 349. The highest BCUT2D eigenvalue weighted by Crippen LogP contribution is 2.22. The second kappa shape index (κ2) is 6.97. The molecular formula is C16H29N3O2. The monoisotopic (exact) mass is 295 g/mol. The van der Waals surface area contributed by atoms with Crippen LogP contribution in [0.3, 0.4) is 0 Å². The summed E-state index contributed by atoms with van der Waals surface area (Å²) in [7, 11) is 0. The molecule has 3 aliphatic rings. The summed E-state index contributed by atoms with van der Waals surface area (Å²) >= 11 is 0. The van der Waals surface area contributed by atoms with Crippen LogP contribution in [-0.2, 0) is 0 Å². The van der Waals surface area contributed by atoms with Gasteiger partial charge in [0.25, 0.3) is 0 Å². The maximum Gasteiger partial charge on any atom is 0.317 e. The van der Waals surface area contributed by atoms with Crippen molar-refractivity contribution in [2.24, 2.45) is 0 Å². The molecule has 2 aliphatic heterocycles. The number of piperidine rings is 1. The van der Waals surface area contributed by atoms with Gasteiger partial charge in [-0.15, -0.1) is 0 Å². The number of carbonyl (C=O) groups is 1. The van der Waals surface area contributed by atoms with Crippen molar-refractivity contribution in [2.75, 3.05) is 26.2 Å². The predicted octanol–water partition coefficient (Wildman–Crippen LogP) is 1.56. The molecule has 0 aromatic rings. The van der Waals surface area contributed by atoms with Gasteiger partial charge >= 0.3 is 6.03 Å². The van der Waals surface area contributed by atoms with Gasteiger partial charge in [0.1, 0.15) is 0 Å². The van der Waals surface area contributed by atoms with Gasteiger partial charge in [-0.1, -0.05) is 0 Å². The zero-order chi connectivity index (χ0) is 14.7. The average Bonchev–Trinajstić information content (AvgIpc) is 3.04. The molecule has 0 aromatic carbocycles. The molecule has 2 N–H and O–H groups in total. The lowest BCUT2D eigenvalue weighted by Crippen LogP contribution is -2.53. The lowest BCUT2D eigenvalue weighted by molar-refractivity contribution is 0.106. The number of aliphatic hydroxyl groups is 1. The van der Waals surface area contributed by atoms with Crippen molar-refractivity contribution >= 4 is 6.03 Å². The molecule has 0 bridgehead atoms. The number of likely N-dealkylation sites (tertiary alicyclic amines) is 2. The molecule has 3 fully saturated rings. The number of hydrogen-bond donors (Lipinski definition) is 2. The Kier molecular flexibility index (Phi) is 5.01. The fourth-order valence-electron chi connectivity index (χ4n) is 4.03. The topological polar surface area (TPSA) is 55.8 Å². The highest BCUT2D eigenvalue weighted by Gasteiger charge is 2.30. The minimum Gasteiger partial charge on any atom is -0.393 e. The molecule has 0 aromatic heterocycles. The summed E-state index contributed by atoms with van der Waals surface area (Å²) < 4.78 is 0. The molecule has 120 valence electrons. The highest BCUT2D eigenvalue weighted by atomic mass is 16.3. The van der Waals surface area contributed by atoms with E-state index in [0.717, 1.165) is 45.2 Å². The van der Waals surface area contributed by atoms with Gasteiger partial charge in [-0.25, -0.2) is 4.79 Å². The minimum atomic E-state index is -0.160. The van der Waals surface area contributed by atoms with E-state index in [0.29, 0.717) is 6.04 Å². The van der Waals surface area contributed by atoms with E-state index in [1.807, 2.05) is 4.90 Å². The summed E-state index contributed by atoms with van der Waals surface area (Å²) in [5.41, 5.74) is 0. The fraction of sp³-hybridized carbons (Fsp3) is 0.938.